The minimum atomic E-state index is 0.527. The molecule has 0 spiro atoms. The van der Waals surface area contributed by atoms with Gasteiger partial charge in [-0.2, -0.15) is 0 Å². The Hall–Kier alpha value is -1.29. The van der Waals surface area contributed by atoms with Crippen LogP contribution in [0.1, 0.15) is 16.8 Å². The van der Waals surface area contributed by atoms with Gasteiger partial charge in [0.25, 0.3) is 0 Å². The summed E-state index contributed by atoms with van der Waals surface area (Å²) in [6, 6.07) is 3.33. The molecule has 0 heterocycles. The average Bonchev–Trinajstić information content (AvgIpc) is 2.30. The van der Waals surface area contributed by atoms with Gasteiger partial charge in [-0.05, 0) is 34.5 Å². The Morgan fingerprint density at radius 1 is 1.50 bits per heavy atom. The molecule has 0 saturated heterocycles. The van der Waals surface area contributed by atoms with E-state index in [9.17, 15) is 4.79 Å². The van der Waals surface area contributed by atoms with E-state index in [0.29, 0.717) is 28.1 Å². The number of halogens is 1. The molecule has 0 amide bonds. The van der Waals surface area contributed by atoms with Crippen LogP contribution in [-0.2, 0) is 0 Å². The predicted molar refractivity (Wildman–Crippen MR) is 66.4 cm³/mol. The highest BCUT2D eigenvalue weighted by molar-refractivity contribution is 9.10. The largest absolute Gasteiger partial charge is 0.493 e. The predicted octanol–water partition coefficient (Wildman–Crippen LogP) is 3.23. The minimum Gasteiger partial charge on any atom is -0.493 e. The molecule has 0 aliphatic carbocycles. The van der Waals surface area contributed by atoms with E-state index in [4.69, 9.17) is 9.47 Å². The van der Waals surface area contributed by atoms with Gasteiger partial charge in [0.15, 0.2) is 11.5 Å². The number of carbonyl (C=O) groups is 1. The summed E-state index contributed by atoms with van der Waals surface area (Å²) in [7, 11) is 1.54. The quantitative estimate of drug-likeness (QED) is 0.457. The fraction of sp³-hybridized carbons (Fsp3) is 0.250. The molecular weight excluding hydrogens is 272 g/mol. The maximum atomic E-state index is 10.7. The van der Waals surface area contributed by atoms with E-state index in [1.807, 2.05) is 0 Å². The third-order valence-electron chi connectivity index (χ3n) is 1.96. The summed E-state index contributed by atoms with van der Waals surface area (Å²) in [5.41, 5.74) is 0.541. The first kappa shape index (κ1) is 12.8. The smallest absolute Gasteiger partial charge is 0.175 e. The molecule has 0 unspecified atom stereocenters. The summed E-state index contributed by atoms with van der Waals surface area (Å²) in [6.45, 7) is 4.14. The summed E-state index contributed by atoms with van der Waals surface area (Å²) >= 11 is 3.34. The van der Waals surface area contributed by atoms with Gasteiger partial charge in [-0.1, -0.05) is 6.08 Å². The van der Waals surface area contributed by atoms with Crippen LogP contribution in [0.3, 0.4) is 0 Å². The molecule has 0 bridgehead atoms. The summed E-state index contributed by atoms with van der Waals surface area (Å²) < 4.78 is 11.4. The number of ether oxygens (including phenoxy) is 2. The standard InChI is InChI=1S/C12H13BrO3/c1-3-4-5-16-12-10(13)6-9(8-14)7-11(12)15-2/h3,6-8H,1,4-5H2,2H3. The first-order chi connectivity index (χ1) is 7.72. The van der Waals surface area contributed by atoms with Crippen molar-refractivity contribution in [3.05, 3.63) is 34.8 Å². The molecule has 0 fully saturated rings. The molecule has 0 aromatic heterocycles. The molecule has 4 heteroatoms. The van der Waals surface area contributed by atoms with Gasteiger partial charge in [0.1, 0.15) is 6.29 Å². The van der Waals surface area contributed by atoms with Crippen LogP contribution in [0.15, 0.2) is 29.3 Å². The van der Waals surface area contributed by atoms with Gasteiger partial charge in [0.2, 0.25) is 0 Å². The lowest BCUT2D eigenvalue weighted by Gasteiger charge is -2.12. The molecule has 1 rings (SSSR count). The maximum Gasteiger partial charge on any atom is 0.175 e. The number of benzene rings is 1. The van der Waals surface area contributed by atoms with Crippen molar-refractivity contribution in [2.45, 2.75) is 6.42 Å². The van der Waals surface area contributed by atoms with E-state index in [1.165, 1.54) is 7.11 Å². The number of rotatable bonds is 6. The second-order valence-electron chi connectivity index (χ2n) is 3.08. The second kappa shape index (κ2) is 6.33. The van der Waals surface area contributed by atoms with Gasteiger partial charge < -0.3 is 9.47 Å². The number of methoxy groups -OCH3 is 1. The third kappa shape index (κ3) is 3.10. The Kier molecular flexibility index (Phi) is 5.05. The van der Waals surface area contributed by atoms with Crippen molar-refractivity contribution in [1.29, 1.82) is 0 Å². The Labute approximate surface area is 103 Å². The number of hydrogen-bond acceptors (Lipinski definition) is 3. The molecule has 86 valence electrons. The van der Waals surface area contributed by atoms with E-state index < -0.39 is 0 Å². The van der Waals surface area contributed by atoms with Gasteiger partial charge in [0.05, 0.1) is 18.2 Å². The lowest BCUT2D eigenvalue weighted by atomic mass is 10.2. The molecule has 0 aliphatic heterocycles. The van der Waals surface area contributed by atoms with Crippen LogP contribution in [0.4, 0.5) is 0 Å². The van der Waals surface area contributed by atoms with Crippen LogP contribution < -0.4 is 9.47 Å². The van der Waals surface area contributed by atoms with Crippen LogP contribution >= 0.6 is 15.9 Å². The molecule has 1 aromatic rings. The fourth-order valence-corrected chi connectivity index (χ4v) is 1.77. The van der Waals surface area contributed by atoms with Crippen LogP contribution in [-0.4, -0.2) is 20.0 Å². The number of aldehydes is 1. The van der Waals surface area contributed by atoms with Crippen molar-refractivity contribution < 1.29 is 14.3 Å². The normalized spacial score (nSPS) is 9.62. The highest BCUT2D eigenvalue weighted by Crippen LogP contribution is 2.36. The molecule has 1 aromatic carbocycles. The maximum absolute atomic E-state index is 10.7. The van der Waals surface area contributed by atoms with E-state index in [0.717, 1.165) is 12.7 Å². The second-order valence-corrected chi connectivity index (χ2v) is 3.93. The molecule has 0 radical (unpaired) electrons. The van der Waals surface area contributed by atoms with Gasteiger partial charge >= 0.3 is 0 Å². The molecule has 0 N–H and O–H groups in total. The van der Waals surface area contributed by atoms with Crippen molar-refractivity contribution >= 4 is 22.2 Å². The van der Waals surface area contributed by atoms with Crippen LogP contribution in [0.2, 0.25) is 0 Å². The van der Waals surface area contributed by atoms with Gasteiger partial charge in [-0.15, -0.1) is 6.58 Å². The van der Waals surface area contributed by atoms with Crippen molar-refractivity contribution in [3.63, 3.8) is 0 Å². The lowest BCUT2D eigenvalue weighted by molar-refractivity contribution is 0.112. The molecule has 0 aliphatic rings. The lowest BCUT2D eigenvalue weighted by Crippen LogP contribution is -2.00. The highest BCUT2D eigenvalue weighted by Gasteiger charge is 2.10. The first-order valence-electron chi connectivity index (χ1n) is 4.79. The molecular formula is C12H13BrO3. The van der Waals surface area contributed by atoms with E-state index >= 15 is 0 Å². The summed E-state index contributed by atoms with van der Waals surface area (Å²) in [5.74, 6) is 1.15. The van der Waals surface area contributed by atoms with Gasteiger partial charge in [-0.3, -0.25) is 4.79 Å². The summed E-state index contributed by atoms with van der Waals surface area (Å²) in [4.78, 5) is 10.7. The van der Waals surface area contributed by atoms with Crippen LogP contribution in [0, 0.1) is 0 Å². The Balaban J connectivity index is 2.96. The molecule has 3 nitrogen and oxygen atoms in total. The van der Waals surface area contributed by atoms with E-state index in [-0.39, 0.29) is 0 Å². The molecule has 16 heavy (non-hydrogen) atoms. The SMILES string of the molecule is C=CCCOc1c(Br)cc(C=O)cc1OC. The average molecular weight is 285 g/mol. The summed E-state index contributed by atoms with van der Waals surface area (Å²) in [6.07, 6.45) is 3.30. The van der Waals surface area contributed by atoms with Crippen LogP contribution in [0.5, 0.6) is 11.5 Å². The topological polar surface area (TPSA) is 35.5 Å². The van der Waals surface area contributed by atoms with Crippen molar-refractivity contribution in [2.24, 2.45) is 0 Å². The zero-order valence-electron chi connectivity index (χ0n) is 9.03. The minimum absolute atomic E-state index is 0.527. The van der Waals surface area contributed by atoms with Crippen molar-refractivity contribution in [2.75, 3.05) is 13.7 Å². The summed E-state index contributed by atoms with van der Waals surface area (Å²) in [5, 5.41) is 0. The van der Waals surface area contributed by atoms with Gasteiger partial charge in [-0.25, -0.2) is 0 Å². The van der Waals surface area contributed by atoms with Crippen LogP contribution in [0.25, 0.3) is 0 Å². The van der Waals surface area contributed by atoms with E-state index in [2.05, 4.69) is 22.5 Å². The first-order valence-corrected chi connectivity index (χ1v) is 5.58. The highest BCUT2D eigenvalue weighted by atomic mass is 79.9. The van der Waals surface area contributed by atoms with Gasteiger partial charge in [0, 0.05) is 5.56 Å². The zero-order valence-corrected chi connectivity index (χ0v) is 10.6. The molecule has 0 atom stereocenters. The molecule has 0 saturated carbocycles. The zero-order chi connectivity index (χ0) is 12.0. The van der Waals surface area contributed by atoms with Crippen molar-refractivity contribution in [1.82, 2.24) is 0 Å². The number of carbonyl (C=O) groups excluding carboxylic acids is 1. The Morgan fingerprint density at radius 2 is 2.25 bits per heavy atom. The number of hydrogen-bond donors (Lipinski definition) is 0. The van der Waals surface area contributed by atoms with Crippen molar-refractivity contribution in [3.8, 4) is 11.5 Å². The third-order valence-corrected chi connectivity index (χ3v) is 2.55. The monoisotopic (exact) mass is 284 g/mol. The van der Waals surface area contributed by atoms with E-state index in [1.54, 1.807) is 18.2 Å². The Bertz CT molecular complexity index is 388. The fourth-order valence-electron chi connectivity index (χ4n) is 1.19. The Morgan fingerprint density at radius 3 is 2.81 bits per heavy atom.